The molecule has 1 aliphatic rings. The number of nitrogens with two attached hydrogens (primary N) is 1. The smallest absolute Gasteiger partial charge is 0.258 e. The number of ether oxygens (including phenoxy) is 1. The highest BCUT2D eigenvalue weighted by Gasteiger charge is 2.24. The predicted octanol–water partition coefficient (Wildman–Crippen LogP) is 2.01. The zero-order valence-electron chi connectivity index (χ0n) is 10.7. The first kappa shape index (κ1) is 12.3. The molecular weight excluding hydrogens is 256 g/mol. The number of rotatable bonds is 1. The van der Waals surface area contributed by atoms with Gasteiger partial charge in [-0.3, -0.25) is 4.79 Å². The fourth-order valence-corrected chi connectivity index (χ4v) is 2.21. The van der Waals surface area contributed by atoms with E-state index in [1.165, 1.54) is 12.1 Å². The van der Waals surface area contributed by atoms with Crippen LogP contribution in [0.3, 0.4) is 0 Å². The average Bonchev–Trinajstić information content (AvgIpc) is 2.49. The molecular formula is C15H14N2O3. The number of carbonyl (C=O) groups is 1. The molecule has 2 aromatic carbocycles. The Morgan fingerprint density at radius 1 is 1.25 bits per heavy atom. The van der Waals surface area contributed by atoms with Crippen LogP contribution in [-0.4, -0.2) is 24.2 Å². The lowest BCUT2D eigenvalue weighted by molar-refractivity contribution is 0.0976. The first-order valence-corrected chi connectivity index (χ1v) is 6.29. The van der Waals surface area contributed by atoms with Gasteiger partial charge in [-0.1, -0.05) is 12.1 Å². The van der Waals surface area contributed by atoms with Gasteiger partial charge >= 0.3 is 0 Å². The van der Waals surface area contributed by atoms with E-state index >= 15 is 0 Å². The third-order valence-electron chi connectivity index (χ3n) is 3.25. The van der Waals surface area contributed by atoms with E-state index in [1.807, 2.05) is 24.3 Å². The fraction of sp³-hybridized carbons (Fsp3) is 0.133. The molecule has 5 heteroatoms. The molecule has 5 nitrogen and oxygen atoms in total. The van der Waals surface area contributed by atoms with Crippen molar-refractivity contribution in [2.75, 3.05) is 23.8 Å². The van der Waals surface area contributed by atoms with Crippen LogP contribution in [0.5, 0.6) is 11.5 Å². The van der Waals surface area contributed by atoms with E-state index in [1.54, 1.807) is 11.0 Å². The summed E-state index contributed by atoms with van der Waals surface area (Å²) in [4.78, 5) is 14.2. The zero-order chi connectivity index (χ0) is 14.1. The number of carbonyl (C=O) groups excluding carboxylic acids is 1. The monoisotopic (exact) mass is 270 g/mol. The number of hydrogen-bond acceptors (Lipinski definition) is 4. The van der Waals surface area contributed by atoms with Crippen LogP contribution in [0.2, 0.25) is 0 Å². The van der Waals surface area contributed by atoms with Crippen molar-refractivity contribution in [1.82, 2.24) is 0 Å². The summed E-state index contributed by atoms with van der Waals surface area (Å²) in [7, 11) is 0. The van der Waals surface area contributed by atoms with Crippen LogP contribution < -0.4 is 15.4 Å². The van der Waals surface area contributed by atoms with Crippen molar-refractivity contribution in [3.8, 4) is 11.5 Å². The third kappa shape index (κ3) is 2.03. The molecule has 0 aliphatic carbocycles. The molecule has 2 aromatic rings. The van der Waals surface area contributed by atoms with Gasteiger partial charge in [-0.25, -0.2) is 0 Å². The van der Waals surface area contributed by atoms with Gasteiger partial charge in [-0.05, 0) is 30.3 Å². The first-order valence-electron chi connectivity index (χ1n) is 6.29. The van der Waals surface area contributed by atoms with Crippen molar-refractivity contribution in [3.05, 3.63) is 48.0 Å². The third-order valence-corrected chi connectivity index (χ3v) is 3.25. The molecule has 0 radical (unpaired) electrons. The Hall–Kier alpha value is -2.69. The second-order valence-electron chi connectivity index (χ2n) is 4.55. The summed E-state index contributed by atoms with van der Waals surface area (Å²) < 4.78 is 5.52. The molecule has 0 atom stereocenters. The Bertz CT molecular complexity index is 670. The Kier molecular flexibility index (Phi) is 2.95. The number of hydrogen-bond donors (Lipinski definition) is 2. The van der Waals surface area contributed by atoms with Crippen LogP contribution in [-0.2, 0) is 0 Å². The summed E-state index contributed by atoms with van der Waals surface area (Å²) in [5.41, 5.74) is 6.94. The topological polar surface area (TPSA) is 75.8 Å². The lowest BCUT2D eigenvalue weighted by Gasteiger charge is -2.29. The Morgan fingerprint density at radius 3 is 2.85 bits per heavy atom. The van der Waals surface area contributed by atoms with Crippen molar-refractivity contribution in [3.63, 3.8) is 0 Å². The van der Waals surface area contributed by atoms with Crippen molar-refractivity contribution in [2.24, 2.45) is 0 Å². The number of nitrogen functional groups attached to an aromatic ring is 1. The maximum absolute atomic E-state index is 12.5. The number of amides is 1. The molecule has 1 aliphatic heterocycles. The normalized spacial score (nSPS) is 13.5. The number of fused-ring (bicyclic) bond motifs is 1. The maximum atomic E-state index is 12.5. The summed E-state index contributed by atoms with van der Waals surface area (Å²) in [6.07, 6.45) is 0. The van der Waals surface area contributed by atoms with Crippen molar-refractivity contribution < 1.29 is 14.6 Å². The average molecular weight is 270 g/mol. The van der Waals surface area contributed by atoms with Gasteiger partial charge in [0.2, 0.25) is 0 Å². The van der Waals surface area contributed by atoms with E-state index in [0.717, 1.165) is 5.69 Å². The second kappa shape index (κ2) is 4.77. The van der Waals surface area contributed by atoms with E-state index in [2.05, 4.69) is 0 Å². The van der Waals surface area contributed by atoms with Gasteiger partial charge in [-0.2, -0.15) is 0 Å². The van der Waals surface area contributed by atoms with Gasteiger partial charge in [0.15, 0.2) is 0 Å². The van der Waals surface area contributed by atoms with E-state index in [4.69, 9.17) is 10.5 Å². The number of nitrogens with zero attached hydrogens (tertiary/aromatic N) is 1. The van der Waals surface area contributed by atoms with Crippen LogP contribution in [0.1, 0.15) is 10.4 Å². The lowest BCUT2D eigenvalue weighted by atomic mass is 10.1. The summed E-state index contributed by atoms with van der Waals surface area (Å²) in [6.45, 7) is 0.921. The van der Waals surface area contributed by atoms with Crippen LogP contribution >= 0.6 is 0 Å². The number of aromatic hydroxyl groups is 1. The molecule has 3 rings (SSSR count). The SMILES string of the molecule is Nc1ccc(C(=O)N2CCOc3ccccc32)cc1O. The molecule has 0 saturated carbocycles. The Morgan fingerprint density at radius 2 is 2.05 bits per heavy atom. The lowest BCUT2D eigenvalue weighted by Crippen LogP contribution is -2.37. The largest absolute Gasteiger partial charge is 0.506 e. The van der Waals surface area contributed by atoms with Crippen LogP contribution in [0.4, 0.5) is 11.4 Å². The molecule has 0 spiro atoms. The van der Waals surface area contributed by atoms with Gasteiger partial charge in [0.05, 0.1) is 17.9 Å². The number of para-hydroxylation sites is 2. The number of phenols is 1. The Labute approximate surface area is 116 Å². The molecule has 3 N–H and O–H groups in total. The molecule has 0 aromatic heterocycles. The zero-order valence-corrected chi connectivity index (χ0v) is 10.7. The van der Waals surface area contributed by atoms with Gasteiger partial charge in [0.1, 0.15) is 18.1 Å². The number of benzene rings is 2. The molecule has 0 unspecified atom stereocenters. The van der Waals surface area contributed by atoms with E-state index in [-0.39, 0.29) is 17.3 Å². The number of phenolic OH excluding ortho intramolecular Hbond substituents is 1. The number of anilines is 2. The highest BCUT2D eigenvalue weighted by atomic mass is 16.5. The first-order chi connectivity index (χ1) is 9.66. The molecule has 0 saturated heterocycles. The van der Waals surface area contributed by atoms with Gasteiger partial charge in [0, 0.05) is 5.56 Å². The molecule has 1 heterocycles. The van der Waals surface area contributed by atoms with Crippen LogP contribution in [0, 0.1) is 0 Å². The van der Waals surface area contributed by atoms with Gasteiger partial charge in [-0.15, -0.1) is 0 Å². The van der Waals surface area contributed by atoms with E-state index in [9.17, 15) is 9.90 Å². The highest BCUT2D eigenvalue weighted by molar-refractivity contribution is 6.07. The van der Waals surface area contributed by atoms with Gasteiger partial charge < -0.3 is 20.5 Å². The van der Waals surface area contributed by atoms with E-state index < -0.39 is 0 Å². The summed E-state index contributed by atoms with van der Waals surface area (Å²) in [5.74, 6) is 0.417. The van der Waals surface area contributed by atoms with E-state index in [0.29, 0.717) is 24.5 Å². The standard InChI is InChI=1S/C15H14N2O3/c16-11-6-5-10(9-13(11)18)15(19)17-7-8-20-14-4-2-1-3-12(14)17/h1-6,9,18H,7-8,16H2. The summed E-state index contributed by atoms with van der Waals surface area (Å²) in [6, 6.07) is 11.9. The molecule has 0 bridgehead atoms. The fourth-order valence-electron chi connectivity index (χ4n) is 2.21. The van der Waals surface area contributed by atoms with Crippen LogP contribution in [0.15, 0.2) is 42.5 Å². The summed E-state index contributed by atoms with van der Waals surface area (Å²) in [5, 5.41) is 9.62. The highest BCUT2D eigenvalue weighted by Crippen LogP contribution is 2.32. The van der Waals surface area contributed by atoms with Gasteiger partial charge in [0.25, 0.3) is 5.91 Å². The van der Waals surface area contributed by atoms with Crippen molar-refractivity contribution >= 4 is 17.3 Å². The minimum Gasteiger partial charge on any atom is -0.506 e. The predicted molar refractivity (Wildman–Crippen MR) is 76.1 cm³/mol. The second-order valence-corrected chi connectivity index (χ2v) is 4.55. The van der Waals surface area contributed by atoms with Crippen molar-refractivity contribution in [2.45, 2.75) is 0 Å². The maximum Gasteiger partial charge on any atom is 0.258 e. The summed E-state index contributed by atoms with van der Waals surface area (Å²) >= 11 is 0. The molecule has 0 fully saturated rings. The minimum absolute atomic E-state index is 0.0857. The van der Waals surface area contributed by atoms with Crippen molar-refractivity contribution in [1.29, 1.82) is 0 Å². The molecule has 1 amide bonds. The quantitative estimate of drug-likeness (QED) is 0.614. The minimum atomic E-state index is -0.184. The van der Waals surface area contributed by atoms with Crippen LogP contribution in [0.25, 0.3) is 0 Å². The Balaban J connectivity index is 1.97. The molecule has 102 valence electrons. The molecule has 20 heavy (non-hydrogen) atoms.